The summed E-state index contributed by atoms with van der Waals surface area (Å²) in [5.74, 6) is -1.34. The van der Waals surface area contributed by atoms with Crippen molar-refractivity contribution in [3.8, 4) is 0 Å². The van der Waals surface area contributed by atoms with Crippen molar-refractivity contribution >= 4 is 11.7 Å². The molecule has 18 heavy (non-hydrogen) atoms. The molecule has 1 aliphatic carbocycles. The first kappa shape index (κ1) is 12.8. The molecule has 5 heteroatoms. The largest absolute Gasteiger partial charge is 0.469 e. The van der Waals surface area contributed by atoms with Crippen LogP contribution in [0.3, 0.4) is 0 Å². The molecule has 98 valence electrons. The number of benzene rings is 1. The number of anilines is 1. The summed E-state index contributed by atoms with van der Waals surface area (Å²) >= 11 is 0. The van der Waals surface area contributed by atoms with Crippen LogP contribution >= 0.6 is 0 Å². The molecule has 0 saturated heterocycles. The molecular formula is C13H15F2NO2. The molecule has 2 rings (SSSR count). The van der Waals surface area contributed by atoms with Gasteiger partial charge in [-0.2, -0.15) is 0 Å². The fraction of sp³-hybridized carbons (Fsp3) is 0.462. The molecule has 0 bridgehead atoms. The quantitative estimate of drug-likeness (QED) is 0.841. The van der Waals surface area contributed by atoms with Crippen LogP contribution < -0.4 is 5.32 Å². The number of methoxy groups -OCH3 is 1. The number of carbonyl (C=O) groups is 1. The van der Waals surface area contributed by atoms with E-state index in [1.165, 1.54) is 7.11 Å². The van der Waals surface area contributed by atoms with Crippen molar-refractivity contribution in [2.24, 2.45) is 5.41 Å². The molecule has 0 spiro atoms. The highest BCUT2D eigenvalue weighted by Crippen LogP contribution is 2.42. The van der Waals surface area contributed by atoms with Gasteiger partial charge in [0.25, 0.3) is 0 Å². The average molecular weight is 255 g/mol. The Bertz CT molecular complexity index is 458. The number of esters is 1. The van der Waals surface area contributed by atoms with E-state index >= 15 is 0 Å². The number of nitrogens with one attached hydrogen (secondary N) is 1. The molecule has 0 aliphatic heterocycles. The minimum Gasteiger partial charge on any atom is -0.469 e. The van der Waals surface area contributed by atoms with Crippen molar-refractivity contribution in [3.63, 3.8) is 0 Å². The lowest BCUT2D eigenvalue weighted by molar-refractivity contribution is -0.157. The van der Waals surface area contributed by atoms with Crippen LogP contribution in [0.25, 0.3) is 0 Å². The summed E-state index contributed by atoms with van der Waals surface area (Å²) in [5, 5.41) is 2.80. The van der Waals surface area contributed by atoms with Crippen LogP contribution in [0.5, 0.6) is 0 Å². The molecule has 1 aliphatic rings. The zero-order valence-corrected chi connectivity index (χ0v) is 10.1. The maximum Gasteiger partial charge on any atom is 0.313 e. The third kappa shape index (κ3) is 2.30. The van der Waals surface area contributed by atoms with Gasteiger partial charge in [0, 0.05) is 6.54 Å². The number of ether oxygens (including phenoxy) is 1. The van der Waals surface area contributed by atoms with Crippen molar-refractivity contribution in [2.45, 2.75) is 19.3 Å². The fourth-order valence-corrected chi connectivity index (χ4v) is 2.17. The molecule has 0 heterocycles. The Hall–Kier alpha value is -1.65. The third-order valence-corrected chi connectivity index (χ3v) is 3.47. The zero-order valence-electron chi connectivity index (χ0n) is 10.1. The molecule has 0 aromatic heterocycles. The maximum absolute atomic E-state index is 13.4. The van der Waals surface area contributed by atoms with Crippen LogP contribution in [0.1, 0.15) is 19.3 Å². The Labute approximate surface area is 104 Å². The van der Waals surface area contributed by atoms with E-state index in [2.05, 4.69) is 5.32 Å². The van der Waals surface area contributed by atoms with Crippen molar-refractivity contribution in [1.29, 1.82) is 0 Å². The molecule has 0 atom stereocenters. The van der Waals surface area contributed by atoms with Crippen LogP contribution in [0.4, 0.5) is 14.5 Å². The minimum atomic E-state index is -0.590. The lowest BCUT2D eigenvalue weighted by Gasteiger charge is -2.39. The van der Waals surface area contributed by atoms with Gasteiger partial charge >= 0.3 is 5.97 Å². The Morgan fingerprint density at radius 2 is 2.17 bits per heavy atom. The van der Waals surface area contributed by atoms with Gasteiger partial charge in [0.05, 0.1) is 18.2 Å². The topological polar surface area (TPSA) is 38.3 Å². The average Bonchev–Trinajstić information content (AvgIpc) is 2.31. The van der Waals surface area contributed by atoms with Crippen molar-refractivity contribution in [2.75, 3.05) is 19.0 Å². The van der Waals surface area contributed by atoms with Gasteiger partial charge in [-0.25, -0.2) is 8.78 Å². The SMILES string of the molecule is COC(=O)C1(CNc2cc(F)ccc2F)CCC1. The molecule has 0 amide bonds. The maximum atomic E-state index is 13.4. The van der Waals surface area contributed by atoms with Gasteiger partial charge in [-0.05, 0) is 31.0 Å². The second kappa shape index (κ2) is 4.92. The number of rotatable bonds is 4. The molecule has 1 aromatic rings. The first-order valence-electron chi connectivity index (χ1n) is 5.85. The molecule has 1 saturated carbocycles. The summed E-state index contributed by atoms with van der Waals surface area (Å²) in [6.45, 7) is 0.264. The monoisotopic (exact) mass is 255 g/mol. The smallest absolute Gasteiger partial charge is 0.313 e. The highest BCUT2D eigenvalue weighted by molar-refractivity contribution is 5.78. The van der Waals surface area contributed by atoms with Gasteiger partial charge in [0.15, 0.2) is 0 Å². The van der Waals surface area contributed by atoms with E-state index < -0.39 is 17.0 Å². The number of hydrogen-bond acceptors (Lipinski definition) is 3. The van der Waals surface area contributed by atoms with Crippen LogP contribution in [-0.2, 0) is 9.53 Å². The van der Waals surface area contributed by atoms with E-state index in [1.54, 1.807) is 0 Å². The Morgan fingerprint density at radius 3 is 2.72 bits per heavy atom. The summed E-state index contributed by atoms with van der Waals surface area (Å²) < 4.78 is 31.1. The van der Waals surface area contributed by atoms with E-state index in [4.69, 9.17) is 4.74 Å². The highest BCUT2D eigenvalue weighted by atomic mass is 19.1. The van der Waals surface area contributed by atoms with Crippen molar-refractivity contribution in [1.82, 2.24) is 0 Å². The van der Waals surface area contributed by atoms with Crippen molar-refractivity contribution in [3.05, 3.63) is 29.8 Å². The van der Waals surface area contributed by atoms with Gasteiger partial charge in [-0.3, -0.25) is 4.79 Å². The standard InChI is InChI=1S/C13H15F2NO2/c1-18-12(17)13(5-2-6-13)8-16-11-7-9(14)3-4-10(11)15/h3-4,7,16H,2,5-6,8H2,1H3. The summed E-state index contributed by atoms with van der Waals surface area (Å²) in [7, 11) is 1.34. The second-order valence-electron chi connectivity index (χ2n) is 4.60. The Kier molecular flexibility index (Phi) is 3.50. The van der Waals surface area contributed by atoms with E-state index in [-0.39, 0.29) is 18.2 Å². The van der Waals surface area contributed by atoms with Crippen LogP contribution in [-0.4, -0.2) is 19.6 Å². The molecule has 0 radical (unpaired) electrons. The fourth-order valence-electron chi connectivity index (χ4n) is 2.17. The summed E-state index contributed by atoms with van der Waals surface area (Å²) in [6.07, 6.45) is 2.37. The second-order valence-corrected chi connectivity index (χ2v) is 4.60. The molecular weight excluding hydrogens is 240 g/mol. The Balaban J connectivity index is 2.06. The summed E-state index contributed by atoms with van der Waals surface area (Å²) in [6, 6.07) is 3.20. The van der Waals surface area contributed by atoms with E-state index in [1.807, 2.05) is 0 Å². The lowest BCUT2D eigenvalue weighted by Crippen LogP contribution is -2.44. The van der Waals surface area contributed by atoms with Crippen molar-refractivity contribution < 1.29 is 18.3 Å². The van der Waals surface area contributed by atoms with E-state index in [0.717, 1.165) is 24.6 Å². The zero-order chi connectivity index (χ0) is 13.2. The van der Waals surface area contributed by atoms with E-state index in [0.29, 0.717) is 12.8 Å². The molecule has 3 nitrogen and oxygen atoms in total. The van der Waals surface area contributed by atoms with Gasteiger partial charge < -0.3 is 10.1 Å². The summed E-state index contributed by atoms with van der Waals surface area (Å²) in [5.41, 5.74) is -0.516. The number of halogens is 2. The van der Waals surface area contributed by atoms with Gasteiger partial charge in [0.1, 0.15) is 11.6 Å². The molecule has 0 unspecified atom stereocenters. The minimum absolute atomic E-state index is 0.0742. The first-order chi connectivity index (χ1) is 8.57. The molecule has 1 aromatic carbocycles. The normalized spacial score (nSPS) is 16.8. The van der Waals surface area contributed by atoms with Gasteiger partial charge in [0.2, 0.25) is 0 Å². The third-order valence-electron chi connectivity index (χ3n) is 3.47. The Morgan fingerprint density at radius 1 is 1.44 bits per heavy atom. The van der Waals surface area contributed by atoms with Crippen LogP contribution in [0.15, 0.2) is 18.2 Å². The van der Waals surface area contributed by atoms with Gasteiger partial charge in [-0.1, -0.05) is 6.42 Å². The van der Waals surface area contributed by atoms with Crippen LogP contribution in [0, 0.1) is 17.0 Å². The van der Waals surface area contributed by atoms with Gasteiger partial charge in [-0.15, -0.1) is 0 Å². The predicted octanol–water partition coefficient (Wildman–Crippen LogP) is 2.72. The number of hydrogen-bond donors (Lipinski definition) is 1. The first-order valence-corrected chi connectivity index (χ1v) is 5.85. The van der Waals surface area contributed by atoms with Crippen LogP contribution in [0.2, 0.25) is 0 Å². The predicted molar refractivity (Wildman–Crippen MR) is 63.1 cm³/mol. The molecule has 1 N–H and O–H groups in total. The van der Waals surface area contributed by atoms with E-state index in [9.17, 15) is 13.6 Å². The lowest BCUT2D eigenvalue weighted by atomic mass is 9.68. The molecule has 1 fully saturated rings. The summed E-state index contributed by atoms with van der Waals surface area (Å²) in [4.78, 5) is 11.7. The number of carbonyl (C=O) groups excluding carboxylic acids is 1. The highest BCUT2D eigenvalue weighted by Gasteiger charge is 2.45.